The van der Waals surface area contributed by atoms with Crippen LogP contribution < -0.4 is 10.1 Å². The van der Waals surface area contributed by atoms with Gasteiger partial charge in [-0.15, -0.1) is 0 Å². The Bertz CT molecular complexity index is 710. The number of furan rings is 1. The van der Waals surface area contributed by atoms with E-state index in [0.717, 1.165) is 18.5 Å². The number of nitrogens with zero attached hydrogens (tertiary/aromatic N) is 1. The Morgan fingerprint density at radius 1 is 1.48 bits per heavy atom. The van der Waals surface area contributed by atoms with Gasteiger partial charge in [0.2, 0.25) is 0 Å². The number of carbonyl (C=O) groups is 1. The molecule has 0 radical (unpaired) electrons. The molecule has 0 bridgehead atoms. The number of morpholine rings is 1. The van der Waals surface area contributed by atoms with Crippen LogP contribution in [0.3, 0.4) is 0 Å². The van der Waals surface area contributed by atoms with Crippen LogP contribution >= 0.6 is 0 Å². The lowest BCUT2D eigenvalue weighted by molar-refractivity contribution is -0.0175. The van der Waals surface area contributed by atoms with Crippen LogP contribution in [0, 0.1) is 6.92 Å². The number of amides is 1. The highest BCUT2D eigenvalue weighted by atomic mass is 16.5. The Kier molecular flexibility index (Phi) is 4.54. The van der Waals surface area contributed by atoms with Gasteiger partial charge in [0.1, 0.15) is 17.1 Å². The van der Waals surface area contributed by atoms with E-state index in [-0.39, 0.29) is 12.0 Å². The third-order valence-corrected chi connectivity index (χ3v) is 4.13. The second-order valence-electron chi connectivity index (χ2n) is 5.86. The smallest absolute Gasteiger partial charge is 0.255 e. The maximum absolute atomic E-state index is 12.6. The predicted octanol–water partition coefficient (Wildman–Crippen LogP) is 1.81. The van der Waals surface area contributed by atoms with Crippen molar-refractivity contribution in [2.75, 3.05) is 40.4 Å². The van der Waals surface area contributed by atoms with Gasteiger partial charge >= 0.3 is 0 Å². The molecule has 6 nitrogen and oxygen atoms in total. The second kappa shape index (κ2) is 6.60. The summed E-state index contributed by atoms with van der Waals surface area (Å²) in [4.78, 5) is 14.8. The highest BCUT2D eigenvalue weighted by Crippen LogP contribution is 2.28. The molecule has 1 amide bonds. The van der Waals surface area contributed by atoms with Crippen molar-refractivity contribution in [3.05, 3.63) is 29.5 Å². The normalized spacial score (nSPS) is 19.0. The zero-order valence-corrected chi connectivity index (χ0v) is 13.7. The monoisotopic (exact) mass is 318 g/mol. The maximum Gasteiger partial charge on any atom is 0.255 e. The molecule has 1 unspecified atom stereocenters. The van der Waals surface area contributed by atoms with Crippen LogP contribution in [0.4, 0.5) is 0 Å². The summed E-state index contributed by atoms with van der Waals surface area (Å²) in [5, 5.41) is 3.72. The topological polar surface area (TPSA) is 63.9 Å². The van der Waals surface area contributed by atoms with Crippen molar-refractivity contribution < 1.29 is 18.7 Å². The van der Waals surface area contributed by atoms with Gasteiger partial charge in [0, 0.05) is 25.0 Å². The Labute approximate surface area is 135 Å². The molecule has 1 saturated heterocycles. The first-order valence-corrected chi connectivity index (χ1v) is 7.74. The van der Waals surface area contributed by atoms with Crippen LogP contribution in [0.15, 0.2) is 22.6 Å². The van der Waals surface area contributed by atoms with E-state index in [2.05, 4.69) is 17.3 Å². The van der Waals surface area contributed by atoms with E-state index in [1.165, 1.54) is 0 Å². The number of nitrogens with one attached hydrogen (secondary N) is 1. The van der Waals surface area contributed by atoms with Gasteiger partial charge in [-0.2, -0.15) is 0 Å². The van der Waals surface area contributed by atoms with Crippen molar-refractivity contribution in [1.82, 2.24) is 10.2 Å². The van der Waals surface area contributed by atoms with E-state index in [4.69, 9.17) is 13.9 Å². The number of hydrogen-bond acceptors (Lipinski definition) is 5. The minimum absolute atomic E-state index is 0.0192. The molecule has 2 heterocycles. The van der Waals surface area contributed by atoms with Gasteiger partial charge in [-0.25, -0.2) is 0 Å². The van der Waals surface area contributed by atoms with Crippen LogP contribution in [0.5, 0.6) is 5.75 Å². The number of benzene rings is 1. The van der Waals surface area contributed by atoms with Gasteiger partial charge in [0.25, 0.3) is 5.91 Å². The van der Waals surface area contributed by atoms with Crippen molar-refractivity contribution in [1.29, 1.82) is 0 Å². The lowest BCUT2D eigenvalue weighted by Gasteiger charge is -2.30. The van der Waals surface area contributed by atoms with Crippen LogP contribution in [0.1, 0.15) is 16.1 Å². The molecule has 0 spiro atoms. The molecule has 23 heavy (non-hydrogen) atoms. The maximum atomic E-state index is 12.6. The van der Waals surface area contributed by atoms with Crippen molar-refractivity contribution >= 4 is 16.9 Å². The third-order valence-electron chi connectivity index (χ3n) is 4.13. The highest BCUT2D eigenvalue weighted by molar-refractivity contribution is 6.07. The number of carbonyl (C=O) groups excluding carboxylic acids is 1. The summed E-state index contributed by atoms with van der Waals surface area (Å²) in [6, 6.07) is 5.46. The zero-order valence-electron chi connectivity index (χ0n) is 13.7. The number of methoxy groups -OCH3 is 1. The van der Waals surface area contributed by atoms with Crippen molar-refractivity contribution in [3.8, 4) is 5.75 Å². The fraction of sp³-hybridized carbons (Fsp3) is 0.471. The molecule has 1 fully saturated rings. The zero-order chi connectivity index (χ0) is 16.4. The summed E-state index contributed by atoms with van der Waals surface area (Å²) in [7, 11) is 3.65. The van der Waals surface area contributed by atoms with Crippen LogP contribution in [0.25, 0.3) is 11.0 Å². The molecule has 1 aromatic carbocycles. The van der Waals surface area contributed by atoms with Crippen LogP contribution in [-0.4, -0.2) is 57.3 Å². The first-order valence-electron chi connectivity index (χ1n) is 7.74. The lowest BCUT2D eigenvalue weighted by Crippen LogP contribution is -2.45. The van der Waals surface area contributed by atoms with Crippen LogP contribution in [0.2, 0.25) is 0 Å². The molecule has 1 aromatic heterocycles. The van der Waals surface area contributed by atoms with E-state index in [1.54, 1.807) is 14.0 Å². The molecule has 0 saturated carbocycles. The van der Waals surface area contributed by atoms with Gasteiger partial charge in [-0.05, 0) is 32.2 Å². The number of fused-ring (bicyclic) bond motifs is 1. The lowest BCUT2D eigenvalue weighted by atomic mass is 10.1. The average Bonchev–Trinajstić information content (AvgIpc) is 2.87. The fourth-order valence-corrected chi connectivity index (χ4v) is 2.89. The highest BCUT2D eigenvalue weighted by Gasteiger charge is 2.22. The number of ether oxygens (including phenoxy) is 2. The Balaban J connectivity index is 1.76. The molecular weight excluding hydrogens is 296 g/mol. The summed E-state index contributed by atoms with van der Waals surface area (Å²) in [5.41, 5.74) is 1.24. The van der Waals surface area contributed by atoms with E-state index in [0.29, 0.717) is 35.8 Å². The fourth-order valence-electron chi connectivity index (χ4n) is 2.89. The number of hydrogen-bond donors (Lipinski definition) is 1. The number of likely N-dealkylation sites (N-methyl/N-ethyl adjacent to an activating group) is 1. The molecule has 1 N–H and O–H groups in total. The summed E-state index contributed by atoms with van der Waals surface area (Å²) >= 11 is 0. The Morgan fingerprint density at radius 2 is 2.30 bits per heavy atom. The first kappa shape index (κ1) is 15.8. The molecule has 3 rings (SSSR count). The molecule has 2 aromatic rings. The average molecular weight is 318 g/mol. The molecular formula is C17H22N2O4. The number of aryl methyl sites for hydroxylation is 1. The van der Waals surface area contributed by atoms with Crippen molar-refractivity contribution in [3.63, 3.8) is 0 Å². The molecule has 1 aliphatic rings. The van der Waals surface area contributed by atoms with Gasteiger partial charge < -0.3 is 24.1 Å². The van der Waals surface area contributed by atoms with Crippen LogP contribution in [-0.2, 0) is 4.74 Å². The van der Waals surface area contributed by atoms with E-state index < -0.39 is 0 Å². The summed E-state index contributed by atoms with van der Waals surface area (Å²) in [6.07, 6.45) is 0.0192. The minimum Gasteiger partial charge on any atom is -0.497 e. The third kappa shape index (κ3) is 3.33. The van der Waals surface area contributed by atoms with Gasteiger partial charge in [-0.1, -0.05) is 0 Å². The van der Waals surface area contributed by atoms with Crippen molar-refractivity contribution in [2.45, 2.75) is 13.0 Å². The minimum atomic E-state index is -0.147. The quantitative estimate of drug-likeness (QED) is 0.931. The summed E-state index contributed by atoms with van der Waals surface area (Å²) in [5.74, 6) is 1.16. The van der Waals surface area contributed by atoms with Gasteiger partial charge in [-0.3, -0.25) is 4.79 Å². The molecule has 124 valence electrons. The van der Waals surface area contributed by atoms with Crippen molar-refractivity contribution in [2.24, 2.45) is 0 Å². The molecule has 6 heteroatoms. The van der Waals surface area contributed by atoms with Gasteiger partial charge in [0.15, 0.2) is 0 Å². The molecule has 1 aliphatic heterocycles. The Hall–Kier alpha value is -2.05. The number of rotatable bonds is 4. The summed E-state index contributed by atoms with van der Waals surface area (Å²) < 4.78 is 16.6. The van der Waals surface area contributed by atoms with E-state index >= 15 is 0 Å². The standard InChI is InChI=1S/C17H22N2O4/c1-11-16(14-8-12(21-3)4-5-15(14)23-11)17(20)18-9-13-10-19(2)6-7-22-13/h4-5,8,13H,6-7,9-10H2,1-3H3,(H,18,20). The second-order valence-corrected chi connectivity index (χ2v) is 5.86. The first-order chi connectivity index (χ1) is 11.1. The molecule has 0 aliphatic carbocycles. The summed E-state index contributed by atoms with van der Waals surface area (Å²) in [6.45, 7) is 4.72. The molecule has 1 atom stereocenters. The Morgan fingerprint density at radius 3 is 3.04 bits per heavy atom. The van der Waals surface area contributed by atoms with E-state index in [1.807, 2.05) is 18.2 Å². The SMILES string of the molecule is COc1ccc2oc(C)c(C(=O)NCC3CN(C)CCO3)c2c1. The predicted molar refractivity (Wildman–Crippen MR) is 87.1 cm³/mol. The largest absolute Gasteiger partial charge is 0.497 e. The van der Waals surface area contributed by atoms with E-state index in [9.17, 15) is 4.79 Å². The van der Waals surface area contributed by atoms with Gasteiger partial charge in [0.05, 0.1) is 25.4 Å².